The average molecular weight is 314 g/mol. The van der Waals surface area contributed by atoms with E-state index in [2.05, 4.69) is 19.2 Å². The maximum Gasteiger partial charge on any atom is 0.246 e. The van der Waals surface area contributed by atoms with Gasteiger partial charge in [-0.1, -0.05) is 20.8 Å². The Balaban J connectivity index is 2.24. The summed E-state index contributed by atoms with van der Waals surface area (Å²) in [5, 5.41) is 3.15. The number of furan rings is 1. The maximum atomic E-state index is 12.8. The van der Waals surface area contributed by atoms with Crippen molar-refractivity contribution in [3.05, 3.63) is 17.6 Å². The number of piperidine rings is 1. The van der Waals surface area contributed by atoms with Crippen LogP contribution in [0.1, 0.15) is 38.7 Å². The molecule has 1 aromatic rings. The summed E-state index contributed by atoms with van der Waals surface area (Å²) in [5.74, 6) is 1.95. The Bertz CT molecular complexity index is 570. The second kappa shape index (κ2) is 6.50. The van der Waals surface area contributed by atoms with E-state index in [0.717, 1.165) is 13.0 Å². The summed E-state index contributed by atoms with van der Waals surface area (Å²) in [6, 6.07) is 1.66. The lowest BCUT2D eigenvalue weighted by molar-refractivity contribution is 0.222. The van der Waals surface area contributed by atoms with E-state index in [9.17, 15) is 8.42 Å². The summed E-state index contributed by atoms with van der Waals surface area (Å²) in [7, 11) is -3.45. The second-order valence-corrected chi connectivity index (χ2v) is 8.09. The van der Waals surface area contributed by atoms with Gasteiger partial charge >= 0.3 is 0 Å². The predicted octanol–water partition coefficient (Wildman–Crippen LogP) is 2.36. The molecule has 1 N–H and O–H groups in total. The SMILES string of the molecule is CCNCc1cc(S(=O)(=O)N2CC(C)CC(C)C2)c(C)o1. The third-order valence-electron chi connectivity index (χ3n) is 3.93. The van der Waals surface area contributed by atoms with Crippen LogP contribution in [0.5, 0.6) is 0 Å². The zero-order valence-electron chi connectivity index (χ0n) is 13.3. The molecule has 0 aromatic carbocycles. The summed E-state index contributed by atoms with van der Waals surface area (Å²) >= 11 is 0. The fourth-order valence-corrected chi connectivity index (χ4v) is 4.92. The first-order chi connectivity index (χ1) is 9.84. The second-order valence-electron chi connectivity index (χ2n) is 6.18. The smallest absolute Gasteiger partial charge is 0.246 e. The number of aryl methyl sites for hydroxylation is 1. The first-order valence-corrected chi connectivity index (χ1v) is 9.08. The summed E-state index contributed by atoms with van der Waals surface area (Å²) in [6.07, 6.45) is 1.09. The fourth-order valence-electron chi connectivity index (χ4n) is 3.06. The minimum absolute atomic E-state index is 0.316. The Hall–Kier alpha value is -0.850. The van der Waals surface area contributed by atoms with Crippen molar-refractivity contribution < 1.29 is 12.8 Å². The van der Waals surface area contributed by atoms with Gasteiger partial charge in [-0.15, -0.1) is 0 Å². The van der Waals surface area contributed by atoms with Gasteiger partial charge in [0.2, 0.25) is 10.0 Å². The van der Waals surface area contributed by atoms with Crippen molar-refractivity contribution in [2.45, 2.75) is 45.6 Å². The minimum Gasteiger partial charge on any atom is -0.464 e. The monoisotopic (exact) mass is 314 g/mol. The Morgan fingerprint density at radius 1 is 1.33 bits per heavy atom. The van der Waals surface area contributed by atoms with Gasteiger partial charge in [0, 0.05) is 19.2 Å². The van der Waals surface area contributed by atoms with Gasteiger partial charge < -0.3 is 9.73 Å². The number of rotatable bonds is 5. The van der Waals surface area contributed by atoms with Crippen LogP contribution in [0, 0.1) is 18.8 Å². The Kier molecular flexibility index (Phi) is 5.11. The number of sulfonamides is 1. The molecule has 1 aliphatic rings. The molecule has 2 unspecified atom stereocenters. The number of nitrogens with zero attached hydrogens (tertiary/aromatic N) is 1. The summed E-state index contributed by atoms with van der Waals surface area (Å²) < 4.78 is 32.9. The van der Waals surface area contributed by atoms with E-state index in [1.54, 1.807) is 17.3 Å². The lowest BCUT2D eigenvalue weighted by Crippen LogP contribution is -2.42. The van der Waals surface area contributed by atoms with Crippen LogP contribution in [0.25, 0.3) is 0 Å². The third kappa shape index (κ3) is 3.67. The first-order valence-electron chi connectivity index (χ1n) is 7.64. The van der Waals surface area contributed by atoms with Crippen molar-refractivity contribution >= 4 is 10.0 Å². The van der Waals surface area contributed by atoms with Gasteiger partial charge in [-0.2, -0.15) is 4.31 Å². The summed E-state index contributed by atoms with van der Waals surface area (Å²) in [5.41, 5.74) is 0. The lowest BCUT2D eigenvalue weighted by Gasteiger charge is -2.33. The predicted molar refractivity (Wildman–Crippen MR) is 82.5 cm³/mol. The molecule has 0 spiro atoms. The van der Waals surface area contributed by atoms with Crippen LogP contribution in [0.3, 0.4) is 0 Å². The van der Waals surface area contributed by atoms with Gasteiger partial charge in [0.15, 0.2) is 0 Å². The van der Waals surface area contributed by atoms with Gasteiger partial charge in [0.1, 0.15) is 16.4 Å². The molecule has 2 heterocycles. The van der Waals surface area contributed by atoms with Crippen molar-refractivity contribution in [2.24, 2.45) is 11.8 Å². The van der Waals surface area contributed by atoms with Crippen molar-refractivity contribution in [3.63, 3.8) is 0 Å². The Morgan fingerprint density at radius 2 is 1.95 bits per heavy atom. The zero-order chi connectivity index (χ0) is 15.6. The molecule has 0 bridgehead atoms. The highest BCUT2D eigenvalue weighted by molar-refractivity contribution is 7.89. The quantitative estimate of drug-likeness (QED) is 0.906. The van der Waals surface area contributed by atoms with Crippen molar-refractivity contribution in [3.8, 4) is 0 Å². The molecule has 0 amide bonds. The van der Waals surface area contributed by atoms with Gasteiger partial charge in [-0.25, -0.2) is 8.42 Å². The third-order valence-corrected chi connectivity index (χ3v) is 5.86. The lowest BCUT2D eigenvalue weighted by atomic mass is 9.94. The number of nitrogens with one attached hydrogen (secondary N) is 1. The molecule has 120 valence electrons. The molecule has 1 aromatic heterocycles. The van der Waals surface area contributed by atoms with E-state index < -0.39 is 10.0 Å². The summed E-state index contributed by atoms with van der Waals surface area (Å²) in [6.45, 7) is 10.5. The molecular weight excluding hydrogens is 288 g/mol. The highest BCUT2D eigenvalue weighted by Gasteiger charge is 2.33. The van der Waals surface area contributed by atoms with E-state index in [1.165, 1.54) is 0 Å². The number of hydrogen-bond donors (Lipinski definition) is 1. The maximum absolute atomic E-state index is 12.8. The largest absolute Gasteiger partial charge is 0.464 e. The zero-order valence-corrected chi connectivity index (χ0v) is 14.2. The molecular formula is C15H26N2O3S. The van der Waals surface area contributed by atoms with Crippen molar-refractivity contribution in [2.75, 3.05) is 19.6 Å². The molecule has 0 saturated carbocycles. The molecule has 0 aliphatic carbocycles. The fraction of sp³-hybridized carbons (Fsp3) is 0.733. The van der Waals surface area contributed by atoms with Crippen LogP contribution in [-0.4, -0.2) is 32.4 Å². The molecule has 2 atom stereocenters. The van der Waals surface area contributed by atoms with E-state index in [4.69, 9.17) is 4.42 Å². The van der Waals surface area contributed by atoms with E-state index in [-0.39, 0.29) is 0 Å². The van der Waals surface area contributed by atoms with Gasteiger partial charge in [-0.05, 0) is 31.7 Å². The molecule has 1 aliphatic heterocycles. The molecule has 2 rings (SSSR count). The molecule has 0 radical (unpaired) electrons. The van der Waals surface area contributed by atoms with Gasteiger partial charge in [0.25, 0.3) is 0 Å². The van der Waals surface area contributed by atoms with Crippen molar-refractivity contribution in [1.82, 2.24) is 9.62 Å². The summed E-state index contributed by atoms with van der Waals surface area (Å²) in [4.78, 5) is 0.316. The van der Waals surface area contributed by atoms with Crippen LogP contribution in [0.2, 0.25) is 0 Å². The first kappa shape index (κ1) is 16.5. The van der Waals surface area contributed by atoms with Crippen LogP contribution in [0.15, 0.2) is 15.4 Å². The molecule has 1 fully saturated rings. The van der Waals surface area contributed by atoms with Crippen LogP contribution in [0.4, 0.5) is 0 Å². The van der Waals surface area contributed by atoms with Crippen LogP contribution in [-0.2, 0) is 16.6 Å². The number of hydrogen-bond acceptors (Lipinski definition) is 4. The Morgan fingerprint density at radius 3 is 2.52 bits per heavy atom. The van der Waals surface area contributed by atoms with Crippen LogP contribution >= 0.6 is 0 Å². The molecule has 21 heavy (non-hydrogen) atoms. The van der Waals surface area contributed by atoms with Gasteiger partial charge in [0.05, 0.1) is 6.54 Å². The normalized spacial score (nSPS) is 24.4. The molecule has 5 nitrogen and oxygen atoms in total. The highest BCUT2D eigenvalue weighted by Crippen LogP contribution is 2.29. The minimum atomic E-state index is -3.45. The standard InChI is InChI=1S/C15H26N2O3S/c1-5-16-8-14-7-15(13(4)20-14)21(18,19)17-9-11(2)6-12(3)10-17/h7,11-12,16H,5-6,8-10H2,1-4H3. The van der Waals surface area contributed by atoms with Crippen LogP contribution < -0.4 is 5.32 Å². The topological polar surface area (TPSA) is 62.6 Å². The van der Waals surface area contributed by atoms with E-state index in [1.807, 2.05) is 6.92 Å². The van der Waals surface area contributed by atoms with Gasteiger partial charge in [-0.3, -0.25) is 0 Å². The molecule has 1 saturated heterocycles. The molecule has 6 heteroatoms. The highest BCUT2D eigenvalue weighted by atomic mass is 32.2. The van der Waals surface area contributed by atoms with Crippen molar-refractivity contribution in [1.29, 1.82) is 0 Å². The average Bonchev–Trinajstić information content (AvgIpc) is 2.77. The van der Waals surface area contributed by atoms with E-state index in [0.29, 0.717) is 47.9 Å². The Labute approximate surface area is 127 Å². The van der Waals surface area contributed by atoms with E-state index >= 15 is 0 Å².